The summed E-state index contributed by atoms with van der Waals surface area (Å²) in [4.78, 5) is -0.199. The van der Waals surface area contributed by atoms with Crippen molar-refractivity contribution >= 4 is 15.7 Å². The molecule has 2 aromatic carbocycles. The van der Waals surface area contributed by atoms with Crippen LogP contribution in [0.5, 0.6) is 11.5 Å². The monoisotopic (exact) mass is 365 g/mol. The van der Waals surface area contributed by atoms with E-state index in [4.69, 9.17) is 10.00 Å². The Morgan fingerprint density at radius 1 is 1.16 bits per heavy atom. The lowest BCUT2D eigenvalue weighted by atomic mass is 10.1. The summed E-state index contributed by atoms with van der Waals surface area (Å²) >= 11 is 0. The zero-order valence-corrected chi connectivity index (χ0v) is 13.6. The van der Waals surface area contributed by atoms with E-state index in [1.54, 1.807) is 6.07 Å². The van der Waals surface area contributed by atoms with Crippen LogP contribution in [0.3, 0.4) is 0 Å². The molecule has 0 atom stereocenters. The molecule has 0 bridgehead atoms. The van der Waals surface area contributed by atoms with Gasteiger partial charge >= 0.3 is 0 Å². The molecule has 0 fully saturated rings. The molecule has 0 amide bonds. The lowest BCUT2D eigenvalue weighted by molar-refractivity contribution is 0.472. The van der Waals surface area contributed by atoms with Crippen LogP contribution in [0, 0.1) is 17.1 Å². The van der Waals surface area contributed by atoms with Crippen LogP contribution in [-0.2, 0) is 16.3 Å². The SMILES string of the molecule is CS(=O)(=O)c1ccc(Oc2cc(F)cc(C#N)c2)c2c1CC(F)=C2F. The molecule has 0 saturated heterocycles. The summed E-state index contributed by atoms with van der Waals surface area (Å²) in [7, 11) is -3.70. The van der Waals surface area contributed by atoms with Gasteiger partial charge < -0.3 is 4.74 Å². The molecule has 0 aromatic heterocycles. The molecule has 1 aliphatic rings. The maximum atomic E-state index is 14.2. The van der Waals surface area contributed by atoms with Crippen LogP contribution in [-0.4, -0.2) is 14.7 Å². The first-order valence-corrected chi connectivity index (χ1v) is 8.89. The lowest BCUT2D eigenvalue weighted by Gasteiger charge is -2.13. The molecule has 128 valence electrons. The molecule has 0 aliphatic heterocycles. The molecular weight excluding hydrogens is 355 g/mol. The van der Waals surface area contributed by atoms with Crippen molar-refractivity contribution in [2.45, 2.75) is 11.3 Å². The number of benzene rings is 2. The first-order chi connectivity index (χ1) is 11.7. The summed E-state index contributed by atoms with van der Waals surface area (Å²) in [5.41, 5.74) is -0.378. The minimum absolute atomic E-state index is 0.0124. The van der Waals surface area contributed by atoms with Crippen molar-refractivity contribution < 1.29 is 26.3 Å². The normalized spacial score (nSPS) is 13.6. The summed E-state index contributed by atoms with van der Waals surface area (Å²) in [5.74, 6) is -3.31. The topological polar surface area (TPSA) is 67.2 Å². The van der Waals surface area contributed by atoms with Gasteiger partial charge in [-0.05, 0) is 29.8 Å². The van der Waals surface area contributed by atoms with Gasteiger partial charge in [-0.1, -0.05) is 0 Å². The fourth-order valence-corrected chi connectivity index (χ4v) is 3.57. The number of nitriles is 1. The second-order valence-corrected chi connectivity index (χ2v) is 7.46. The molecule has 0 N–H and O–H groups in total. The maximum Gasteiger partial charge on any atom is 0.175 e. The third-order valence-electron chi connectivity index (χ3n) is 3.65. The average Bonchev–Trinajstić information content (AvgIpc) is 2.81. The molecule has 8 heteroatoms. The number of ether oxygens (including phenoxy) is 1. The molecule has 4 nitrogen and oxygen atoms in total. The van der Waals surface area contributed by atoms with Crippen LogP contribution < -0.4 is 4.74 Å². The quantitative estimate of drug-likeness (QED) is 0.823. The van der Waals surface area contributed by atoms with Crippen LogP contribution in [0.15, 0.2) is 41.1 Å². The first kappa shape index (κ1) is 17.0. The first-order valence-electron chi connectivity index (χ1n) is 6.99. The highest BCUT2D eigenvalue weighted by molar-refractivity contribution is 7.90. The van der Waals surface area contributed by atoms with Crippen LogP contribution in [0.4, 0.5) is 13.2 Å². The molecule has 1 aliphatic carbocycles. The molecule has 0 radical (unpaired) electrons. The number of rotatable bonds is 3. The number of halogens is 3. The number of fused-ring (bicyclic) bond motifs is 1. The van der Waals surface area contributed by atoms with Gasteiger partial charge in [-0.2, -0.15) is 5.26 Å². The van der Waals surface area contributed by atoms with Crippen molar-refractivity contribution in [2.24, 2.45) is 0 Å². The number of allylic oxidation sites excluding steroid dienone is 1. The third-order valence-corrected chi connectivity index (χ3v) is 4.83. The van der Waals surface area contributed by atoms with Crippen molar-refractivity contribution in [2.75, 3.05) is 6.26 Å². The van der Waals surface area contributed by atoms with Crippen molar-refractivity contribution in [3.8, 4) is 17.6 Å². The Morgan fingerprint density at radius 3 is 2.52 bits per heavy atom. The zero-order chi connectivity index (χ0) is 18.4. The Morgan fingerprint density at radius 2 is 1.88 bits per heavy atom. The van der Waals surface area contributed by atoms with Gasteiger partial charge in [0.25, 0.3) is 0 Å². The van der Waals surface area contributed by atoms with Gasteiger partial charge in [-0.25, -0.2) is 21.6 Å². The highest BCUT2D eigenvalue weighted by Gasteiger charge is 2.31. The predicted molar refractivity (Wildman–Crippen MR) is 83.6 cm³/mol. The van der Waals surface area contributed by atoms with E-state index < -0.39 is 33.7 Å². The van der Waals surface area contributed by atoms with E-state index in [9.17, 15) is 21.6 Å². The second kappa shape index (κ2) is 5.93. The number of hydrogen-bond acceptors (Lipinski definition) is 4. The molecule has 0 heterocycles. The summed E-state index contributed by atoms with van der Waals surface area (Å²) in [6.07, 6.45) is 0.427. The van der Waals surface area contributed by atoms with Crippen molar-refractivity contribution in [1.82, 2.24) is 0 Å². The van der Waals surface area contributed by atoms with Crippen LogP contribution in [0.2, 0.25) is 0 Å². The fraction of sp³-hybridized carbons (Fsp3) is 0.118. The van der Waals surface area contributed by atoms with Gasteiger partial charge in [-0.15, -0.1) is 0 Å². The van der Waals surface area contributed by atoms with Crippen LogP contribution in [0.1, 0.15) is 16.7 Å². The molecule has 25 heavy (non-hydrogen) atoms. The zero-order valence-electron chi connectivity index (χ0n) is 12.8. The Kier molecular flexibility index (Phi) is 4.05. The molecule has 2 aromatic rings. The van der Waals surface area contributed by atoms with Gasteiger partial charge in [0.2, 0.25) is 0 Å². The van der Waals surface area contributed by atoms with E-state index in [0.29, 0.717) is 0 Å². The van der Waals surface area contributed by atoms with Crippen LogP contribution in [0.25, 0.3) is 5.83 Å². The Bertz CT molecular complexity index is 1070. The Balaban J connectivity index is 2.15. The molecule has 0 unspecified atom stereocenters. The largest absolute Gasteiger partial charge is 0.456 e. The minimum atomic E-state index is -3.70. The average molecular weight is 365 g/mol. The highest BCUT2D eigenvalue weighted by atomic mass is 32.2. The fourth-order valence-electron chi connectivity index (χ4n) is 2.64. The van der Waals surface area contributed by atoms with E-state index in [0.717, 1.165) is 18.4 Å². The van der Waals surface area contributed by atoms with Crippen LogP contribution >= 0.6 is 0 Å². The second-order valence-electron chi connectivity index (χ2n) is 5.47. The summed E-state index contributed by atoms with van der Waals surface area (Å²) in [5, 5.41) is 8.85. The summed E-state index contributed by atoms with van der Waals surface area (Å²) < 4.78 is 70.4. The van der Waals surface area contributed by atoms with Crippen molar-refractivity contribution in [3.05, 3.63) is 58.7 Å². The van der Waals surface area contributed by atoms with E-state index in [1.165, 1.54) is 18.2 Å². The maximum absolute atomic E-state index is 14.2. The number of hydrogen-bond donors (Lipinski definition) is 0. The Hall–Kier alpha value is -2.79. The standard InChI is InChI=1S/C17H10F3NO3S/c1-25(22,23)15-3-2-14(16-12(15)7-13(19)17(16)20)24-11-5-9(8-21)4-10(18)6-11/h2-6H,7H2,1H3. The van der Waals surface area contributed by atoms with E-state index in [1.807, 2.05) is 0 Å². The smallest absolute Gasteiger partial charge is 0.175 e. The minimum Gasteiger partial charge on any atom is -0.456 e. The van der Waals surface area contributed by atoms with Crippen molar-refractivity contribution in [3.63, 3.8) is 0 Å². The Labute approximate surface area is 141 Å². The summed E-state index contributed by atoms with van der Waals surface area (Å²) in [6.45, 7) is 0. The molecule has 3 rings (SSSR count). The van der Waals surface area contributed by atoms with Crippen molar-refractivity contribution in [1.29, 1.82) is 5.26 Å². The number of sulfone groups is 1. The van der Waals surface area contributed by atoms with Gasteiger partial charge in [-0.3, -0.25) is 0 Å². The van der Waals surface area contributed by atoms with E-state index in [2.05, 4.69) is 0 Å². The molecular formula is C17H10F3NO3S. The van der Waals surface area contributed by atoms with E-state index >= 15 is 0 Å². The van der Waals surface area contributed by atoms with E-state index in [-0.39, 0.29) is 33.1 Å². The predicted octanol–water partition coefficient (Wildman–Crippen LogP) is 4.06. The number of nitrogens with zero attached hydrogens (tertiary/aromatic N) is 1. The lowest BCUT2D eigenvalue weighted by Crippen LogP contribution is -2.04. The van der Waals surface area contributed by atoms with Gasteiger partial charge in [0.15, 0.2) is 15.7 Å². The highest BCUT2D eigenvalue weighted by Crippen LogP contribution is 2.44. The molecule has 0 saturated carbocycles. The van der Waals surface area contributed by atoms with Gasteiger partial charge in [0, 0.05) is 18.7 Å². The third kappa shape index (κ3) is 3.10. The summed E-state index contributed by atoms with van der Waals surface area (Å²) in [6, 6.07) is 7.30. The molecule has 0 spiro atoms. The van der Waals surface area contributed by atoms with Gasteiger partial charge in [0.05, 0.1) is 22.1 Å². The van der Waals surface area contributed by atoms with Gasteiger partial charge in [0.1, 0.15) is 23.1 Å².